The molecule has 2 rings (SSSR count). The topological polar surface area (TPSA) is 93.2 Å². The van der Waals surface area contributed by atoms with Gasteiger partial charge in [0.1, 0.15) is 10.0 Å². The van der Waals surface area contributed by atoms with Gasteiger partial charge in [-0.2, -0.15) is 0 Å². The van der Waals surface area contributed by atoms with Crippen molar-refractivity contribution in [3.05, 3.63) is 22.4 Å². The van der Waals surface area contributed by atoms with E-state index in [1.54, 1.807) is 0 Å². The molecule has 112 valence electrons. The smallest absolute Gasteiger partial charge is 0.242 e. The summed E-state index contributed by atoms with van der Waals surface area (Å²) in [4.78, 5) is 3.56. The average molecular weight is 359 g/mol. The van der Waals surface area contributed by atoms with E-state index in [2.05, 4.69) is 9.71 Å². The number of hydrogen-bond donors (Lipinski definition) is 1. The molecule has 1 saturated heterocycles. The van der Waals surface area contributed by atoms with Gasteiger partial charge in [0, 0.05) is 12.7 Å². The van der Waals surface area contributed by atoms with Gasteiger partial charge in [-0.1, -0.05) is 23.2 Å². The number of nitrogens with one attached hydrogen (secondary N) is 1. The molecular formula is C10H12Cl2N2O4S2. The van der Waals surface area contributed by atoms with Gasteiger partial charge in [0.2, 0.25) is 10.0 Å². The molecule has 0 spiro atoms. The van der Waals surface area contributed by atoms with Crippen molar-refractivity contribution in [2.75, 3.05) is 18.1 Å². The largest absolute Gasteiger partial charge is 0.242 e. The minimum Gasteiger partial charge on any atom is -0.242 e. The lowest BCUT2D eigenvalue weighted by atomic mass is 10.1. The maximum atomic E-state index is 12.0. The van der Waals surface area contributed by atoms with Crippen LogP contribution in [0.4, 0.5) is 0 Å². The number of pyridine rings is 1. The third-order valence-electron chi connectivity index (χ3n) is 2.97. The van der Waals surface area contributed by atoms with Crippen LogP contribution < -0.4 is 4.72 Å². The number of aromatic nitrogens is 1. The monoisotopic (exact) mass is 358 g/mol. The highest BCUT2D eigenvalue weighted by Crippen LogP contribution is 2.23. The van der Waals surface area contributed by atoms with Crippen LogP contribution in [0, 0.1) is 5.92 Å². The molecule has 0 aliphatic carbocycles. The van der Waals surface area contributed by atoms with Gasteiger partial charge >= 0.3 is 0 Å². The van der Waals surface area contributed by atoms with Crippen LogP contribution in [0.25, 0.3) is 0 Å². The van der Waals surface area contributed by atoms with Gasteiger partial charge in [0.15, 0.2) is 9.84 Å². The van der Waals surface area contributed by atoms with Crippen LogP contribution in [-0.4, -0.2) is 39.9 Å². The van der Waals surface area contributed by atoms with E-state index in [1.807, 2.05) is 0 Å². The molecule has 0 saturated carbocycles. The Morgan fingerprint density at radius 2 is 2.10 bits per heavy atom. The molecule has 10 heteroatoms. The van der Waals surface area contributed by atoms with Gasteiger partial charge in [-0.15, -0.1) is 0 Å². The summed E-state index contributed by atoms with van der Waals surface area (Å²) in [7, 11) is -6.80. The molecule has 1 atom stereocenters. The van der Waals surface area contributed by atoms with Crippen LogP contribution in [0.1, 0.15) is 6.42 Å². The molecule has 1 fully saturated rings. The van der Waals surface area contributed by atoms with Gasteiger partial charge < -0.3 is 0 Å². The molecule has 6 nitrogen and oxygen atoms in total. The van der Waals surface area contributed by atoms with E-state index in [0.717, 1.165) is 6.20 Å². The van der Waals surface area contributed by atoms with Gasteiger partial charge in [-0.3, -0.25) is 0 Å². The van der Waals surface area contributed by atoms with Crippen molar-refractivity contribution < 1.29 is 16.8 Å². The average Bonchev–Trinajstić information content (AvgIpc) is 2.70. The molecule has 1 aromatic heterocycles. The number of sulfone groups is 1. The van der Waals surface area contributed by atoms with Crippen LogP contribution in [0.2, 0.25) is 10.2 Å². The fraction of sp³-hybridized carbons (Fsp3) is 0.500. The van der Waals surface area contributed by atoms with E-state index >= 15 is 0 Å². The fourth-order valence-corrected chi connectivity index (χ4v) is 5.18. The first-order valence-electron chi connectivity index (χ1n) is 5.71. The molecule has 1 N–H and O–H groups in total. The summed E-state index contributed by atoms with van der Waals surface area (Å²) in [6.07, 6.45) is 1.56. The van der Waals surface area contributed by atoms with Crippen LogP contribution >= 0.6 is 23.2 Å². The maximum absolute atomic E-state index is 12.0. The first-order chi connectivity index (χ1) is 9.20. The van der Waals surface area contributed by atoms with Crippen LogP contribution in [0.15, 0.2) is 17.2 Å². The minimum atomic E-state index is -3.77. The first kappa shape index (κ1) is 16.0. The fourth-order valence-electron chi connectivity index (χ4n) is 1.89. The second kappa shape index (κ2) is 5.76. The van der Waals surface area contributed by atoms with E-state index in [0.29, 0.717) is 6.42 Å². The predicted octanol–water partition coefficient (Wildman–Crippen LogP) is 1.10. The Kier molecular flexibility index (Phi) is 4.60. The lowest BCUT2D eigenvalue weighted by Gasteiger charge is -2.10. The number of sulfonamides is 1. The van der Waals surface area contributed by atoms with Crippen molar-refractivity contribution >= 4 is 43.1 Å². The zero-order chi connectivity index (χ0) is 15.0. The van der Waals surface area contributed by atoms with E-state index < -0.39 is 19.9 Å². The van der Waals surface area contributed by atoms with E-state index in [1.165, 1.54) is 6.07 Å². The Balaban J connectivity index is 2.06. The molecule has 1 unspecified atom stereocenters. The van der Waals surface area contributed by atoms with Gasteiger partial charge in [-0.05, 0) is 18.4 Å². The summed E-state index contributed by atoms with van der Waals surface area (Å²) in [5, 5.41) is 0.0606. The van der Waals surface area contributed by atoms with Crippen LogP contribution in [-0.2, 0) is 19.9 Å². The molecule has 1 aromatic rings. The zero-order valence-electron chi connectivity index (χ0n) is 10.2. The normalized spacial score (nSPS) is 22.0. The summed E-state index contributed by atoms with van der Waals surface area (Å²) in [6.45, 7) is 0.0712. The third-order valence-corrected chi connectivity index (χ3v) is 6.88. The van der Waals surface area contributed by atoms with Crippen molar-refractivity contribution in [2.24, 2.45) is 5.92 Å². The van der Waals surface area contributed by atoms with Gasteiger partial charge in [0.05, 0.1) is 16.5 Å². The lowest BCUT2D eigenvalue weighted by Crippen LogP contribution is -2.30. The maximum Gasteiger partial charge on any atom is 0.242 e. The van der Waals surface area contributed by atoms with Crippen LogP contribution in [0.5, 0.6) is 0 Å². The number of rotatable bonds is 4. The van der Waals surface area contributed by atoms with Gasteiger partial charge in [-0.25, -0.2) is 26.5 Å². The van der Waals surface area contributed by atoms with Crippen LogP contribution in [0.3, 0.4) is 0 Å². The Bertz CT molecular complexity index is 719. The summed E-state index contributed by atoms with van der Waals surface area (Å²) in [5.41, 5.74) is 0. The molecule has 0 amide bonds. The minimum absolute atomic E-state index is 0.00907. The standard InChI is InChI=1S/C10H12Cl2N2O4S2/c11-9-3-8(5-13-10(9)12)20(17,18)14-4-7-1-2-19(15,16)6-7/h3,5,7,14H,1-2,4,6H2. The summed E-state index contributed by atoms with van der Waals surface area (Å²) in [5.74, 6) is -0.0893. The SMILES string of the molecule is O=S1(=O)CCC(CNS(=O)(=O)c2cnc(Cl)c(Cl)c2)C1. The Morgan fingerprint density at radius 3 is 2.65 bits per heavy atom. The molecule has 0 radical (unpaired) electrons. The Morgan fingerprint density at radius 1 is 1.40 bits per heavy atom. The molecule has 1 aliphatic rings. The lowest BCUT2D eigenvalue weighted by molar-refractivity contribution is 0.543. The molecular weight excluding hydrogens is 347 g/mol. The zero-order valence-corrected chi connectivity index (χ0v) is 13.4. The number of nitrogens with zero attached hydrogens (tertiary/aromatic N) is 1. The number of halogens is 2. The quantitative estimate of drug-likeness (QED) is 0.813. The molecule has 0 aromatic carbocycles. The van der Waals surface area contributed by atoms with E-state index in [9.17, 15) is 16.8 Å². The van der Waals surface area contributed by atoms with Crippen molar-refractivity contribution in [2.45, 2.75) is 11.3 Å². The molecule has 20 heavy (non-hydrogen) atoms. The molecule has 0 bridgehead atoms. The van der Waals surface area contributed by atoms with Crippen molar-refractivity contribution in [1.82, 2.24) is 9.71 Å². The Hall–Kier alpha value is -0.410. The predicted molar refractivity (Wildman–Crippen MR) is 76.2 cm³/mol. The molecule has 2 heterocycles. The molecule has 1 aliphatic heterocycles. The summed E-state index contributed by atoms with van der Waals surface area (Å²) < 4.78 is 49.0. The highest BCUT2D eigenvalue weighted by atomic mass is 35.5. The number of hydrogen-bond acceptors (Lipinski definition) is 5. The van der Waals surface area contributed by atoms with Crippen molar-refractivity contribution in [3.8, 4) is 0 Å². The summed E-state index contributed by atoms with van der Waals surface area (Å²) >= 11 is 11.3. The Labute approximate surface area is 127 Å². The highest BCUT2D eigenvalue weighted by molar-refractivity contribution is 7.91. The van der Waals surface area contributed by atoms with E-state index in [4.69, 9.17) is 23.2 Å². The van der Waals surface area contributed by atoms with Gasteiger partial charge in [0.25, 0.3) is 0 Å². The highest BCUT2D eigenvalue weighted by Gasteiger charge is 2.29. The van der Waals surface area contributed by atoms with E-state index in [-0.39, 0.29) is 39.0 Å². The van der Waals surface area contributed by atoms with Crippen molar-refractivity contribution in [3.63, 3.8) is 0 Å². The second-order valence-corrected chi connectivity index (χ2v) is 9.33. The first-order valence-corrected chi connectivity index (χ1v) is 9.77. The van der Waals surface area contributed by atoms with Crippen molar-refractivity contribution in [1.29, 1.82) is 0 Å². The summed E-state index contributed by atoms with van der Waals surface area (Å²) in [6, 6.07) is 1.20. The third kappa shape index (κ3) is 3.82. The second-order valence-electron chi connectivity index (χ2n) is 4.56.